The van der Waals surface area contributed by atoms with E-state index in [1.807, 2.05) is 0 Å². The molecule has 0 saturated carbocycles. The maximum Gasteiger partial charge on any atom is 0.277 e. The van der Waals surface area contributed by atoms with Crippen molar-refractivity contribution in [3.8, 4) is 0 Å². The summed E-state index contributed by atoms with van der Waals surface area (Å²) < 4.78 is 4.99. The van der Waals surface area contributed by atoms with Gasteiger partial charge in [0.2, 0.25) is 11.7 Å². The second-order valence-electron chi connectivity index (χ2n) is 4.97. The first-order chi connectivity index (χ1) is 9.62. The van der Waals surface area contributed by atoms with Gasteiger partial charge in [-0.15, -0.1) is 0 Å². The molecule has 0 aromatic carbocycles. The lowest BCUT2D eigenvalue weighted by atomic mass is 9.88. The second-order valence-corrected chi connectivity index (χ2v) is 4.97. The van der Waals surface area contributed by atoms with E-state index < -0.39 is 61.1 Å². The first-order valence-corrected chi connectivity index (χ1v) is 6.24. The zero-order valence-corrected chi connectivity index (χ0v) is 11.3. The molecule has 0 radical (unpaired) electrons. The standard InChI is InChI=1S/C11H20N2O8/c1-4(15)13-7-5(16)2-11(20,10(12)19)21-9(7)8(18)6(17)3-14/h5-9,14,16-18,20H,2-3H2,1H3,(H2,12,19)(H,13,15)/t5-,6+,7+,8+,9+,11-/m0/s1. The molecular formula is C11H20N2O8. The molecule has 21 heavy (non-hydrogen) atoms. The molecule has 0 spiro atoms. The molecule has 0 unspecified atom stereocenters. The summed E-state index contributed by atoms with van der Waals surface area (Å²) in [5.41, 5.74) is 4.98. The number of ether oxygens (including phenoxy) is 1. The van der Waals surface area contributed by atoms with Gasteiger partial charge in [0.25, 0.3) is 5.91 Å². The van der Waals surface area contributed by atoms with Gasteiger partial charge in [0.1, 0.15) is 18.3 Å². The number of primary amides is 1. The highest BCUT2D eigenvalue weighted by Gasteiger charge is 2.52. The number of nitrogens with one attached hydrogen (secondary N) is 1. The van der Waals surface area contributed by atoms with Crippen LogP contribution in [-0.4, -0.2) is 80.2 Å². The van der Waals surface area contributed by atoms with Gasteiger partial charge in [-0.05, 0) is 0 Å². The fraction of sp³-hybridized carbons (Fsp3) is 0.818. The highest BCUT2D eigenvalue weighted by atomic mass is 16.6. The van der Waals surface area contributed by atoms with E-state index in [2.05, 4.69) is 5.32 Å². The molecule has 6 atom stereocenters. The summed E-state index contributed by atoms with van der Waals surface area (Å²) in [4.78, 5) is 22.3. The van der Waals surface area contributed by atoms with Crippen molar-refractivity contribution in [3.05, 3.63) is 0 Å². The Bertz CT molecular complexity index is 406. The quantitative estimate of drug-likeness (QED) is 0.265. The smallest absolute Gasteiger partial charge is 0.277 e. The molecule has 122 valence electrons. The van der Waals surface area contributed by atoms with Gasteiger partial charge in [0, 0.05) is 13.3 Å². The van der Waals surface area contributed by atoms with Gasteiger partial charge in [0.15, 0.2) is 0 Å². The van der Waals surface area contributed by atoms with Crippen molar-refractivity contribution in [1.29, 1.82) is 0 Å². The SMILES string of the molecule is CC(=O)N[C@H]1[C@H]([C@H](O)[C@H](O)CO)O[C@](O)(C(N)=O)C[C@@H]1O. The summed E-state index contributed by atoms with van der Waals surface area (Å²) in [5, 5.41) is 50.4. The lowest BCUT2D eigenvalue weighted by molar-refractivity contribution is -0.285. The summed E-state index contributed by atoms with van der Waals surface area (Å²) in [6, 6.07) is -1.21. The summed E-state index contributed by atoms with van der Waals surface area (Å²) >= 11 is 0. The Morgan fingerprint density at radius 1 is 1.48 bits per heavy atom. The van der Waals surface area contributed by atoms with Crippen LogP contribution in [0.15, 0.2) is 0 Å². The molecule has 1 aliphatic rings. The molecule has 1 fully saturated rings. The number of aliphatic hydroxyl groups is 5. The number of carbonyl (C=O) groups excluding carboxylic acids is 2. The summed E-state index contributed by atoms with van der Waals surface area (Å²) in [5.74, 6) is -4.42. The predicted molar refractivity (Wildman–Crippen MR) is 66.3 cm³/mol. The van der Waals surface area contributed by atoms with Gasteiger partial charge in [-0.3, -0.25) is 9.59 Å². The van der Waals surface area contributed by atoms with Crippen molar-refractivity contribution >= 4 is 11.8 Å². The number of rotatable bonds is 5. The number of amides is 2. The van der Waals surface area contributed by atoms with Crippen LogP contribution < -0.4 is 11.1 Å². The molecule has 0 aliphatic carbocycles. The third-order valence-electron chi connectivity index (χ3n) is 3.26. The average Bonchev–Trinajstić information content (AvgIpc) is 2.39. The normalized spacial score (nSPS) is 35.8. The molecule has 0 aromatic rings. The Morgan fingerprint density at radius 2 is 2.05 bits per heavy atom. The molecule has 10 nitrogen and oxygen atoms in total. The number of carbonyl (C=O) groups is 2. The van der Waals surface area contributed by atoms with Crippen LogP contribution in [-0.2, 0) is 14.3 Å². The van der Waals surface area contributed by atoms with Crippen molar-refractivity contribution in [2.45, 2.75) is 49.6 Å². The van der Waals surface area contributed by atoms with E-state index >= 15 is 0 Å². The van der Waals surface area contributed by atoms with Gasteiger partial charge in [-0.1, -0.05) is 0 Å². The maximum absolute atomic E-state index is 11.2. The van der Waals surface area contributed by atoms with Crippen LogP contribution in [0.1, 0.15) is 13.3 Å². The molecule has 1 saturated heterocycles. The monoisotopic (exact) mass is 308 g/mol. The number of nitrogens with two attached hydrogens (primary N) is 1. The summed E-state index contributed by atoms with van der Waals surface area (Å²) in [6.45, 7) is 0.312. The van der Waals surface area contributed by atoms with Crippen LogP contribution in [0.2, 0.25) is 0 Å². The van der Waals surface area contributed by atoms with Crippen molar-refractivity contribution in [1.82, 2.24) is 5.32 Å². The molecular weight excluding hydrogens is 288 g/mol. The van der Waals surface area contributed by atoms with Crippen LogP contribution in [0.3, 0.4) is 0 Å². The zero-order chi connectivity index (χ0) is 16.4. The third-order valence-corrected chi connectivity index (χ3v) is 3.26. The molecule has 0 bridgehead atoms. The largest absolute Gasteiger partial charge is 0.394 e. The van der Waals surface area contributed by atoms with Gasteiger partial charge >= 0.3 is 0 Å². The number of hydrogen-bond acceptors (Lipinski definition) is 8. The highest BCUT2D eigenvalue weighted by Crippen LogP contribution is 2.30. The Hall–Kier alpha value is -1.30. The summed E-state index contributed by atoms with van der Waals surface area (Å²) in [7, 11) is 0. The Morgan fingerprint density at radius 3 is 2.48 bits per heavy atom. The van der Waals surface area contributed by atoms with E-state index in [0.29, 0.717) is 0 Å². The minimum atomic E-state index is -2.56. The van der Waals surface area contributed by atoms with E-state index in [0.717, 1.165) is 6.92 Å². The lowest BCUT2D eigenvalue weighted by Crippen LogP contribution is -2.68. The molecule has 1 aliphatic heterocycles. The van der Waals surface area contributed by atoms with Crippen molar-refractivity contribution in [2.24, 2.45) is 5.73 Å². The van der Waals surface area contributed by atoms with Crippen LogP contribution in [0.4, 0.5) is 0 Å². The highest BCUT2D eigenvalue weighted by molar-refractivity contribution is 5.82. The van der Waals surface area contributed by atoms with Gasteiger partial charge in [0.05, 0.1) is 18.8 Å². The molecule has 1 rings (SSSR count). The van der Waals surface area contributed by atoms with E-state index in [1.54, 1.807) is 0 Å². The number of hydrogen-bond donors (Lipinski definition) is 7. The minimum absolute atomic E-state index is 0.567. The molecule has 10 heteroatoms. The van der Waals surface area contributed by atoms with Crippen LogP contribution >= 0.6 is 0 Å². The van der Waals surface area contributed by atoms with E-state index in [1.165, 1.54) is 0 Å². The molecule has 1 heterocycles. The van der Waals surface area contributed by atoms with E-state index in [4.69, 9.17) is 15.6 Å². The topological polar surface area (TPSA) is 183 Å². The molecule has 8 N–H and O–H groups in total. The number of aliphatic hydroxyl groups excluding tert-OH is 4. The fourth-order valence-corrected chi connectivity index (χ4v) is 2.16. The molecule has 0 aromatic heterocycles. The Kier molecular flexibility index (Phi) is 5.61. The minimum Gasteiger partial charge on any atom is -0.394 e. The van der Waals surface area contributed by atoms with Gasteiger partial charge in [-0.25, -0.2) is 0 Å². The van der Waals surface area contributed by atoms with E-state index in [-0.39, 0.29) is 0 Å². The van der Waals surface area contributed by atoms with Gasteiger partial charge < -0.3 is 41.3 Å². The van der Waals surface area contributed by atoms with Crippen LogP contribution in [0, 0.1) is 0 Å². The average molecular weight is 308 g/mol. The first kappa shape index (κ1) is 17.8. The maximum atomic E-state index is 11.2. The van der Waals surface area contributed by atoms with Crippen LogP contribution in [0.25, 0.3) is 0 Å². The van der Waals surface area contributed by atoms with Crippen molar-refractivity contribution in [3.63, 3.8) is 0 Å². The third kappa shape index (κ3) is 3.87. The van der Waals surface area contributed by atoms with Crippen molar-refractivity contribution < 1.29 is 39.9 Å². The van der Waals surface area contributed by atoms with Crippen LogP contribution in [0.5, 0.6) is 0 Å². The predicted octanol–water partition coefficient (Wildman–Crippen LogP) is -4.47. The first-order valence-electron chi connectivity index (χ1n) is 6.24. The van der Waals surface area contributed by atoms with Gasteiger partial charge in [-0.2, -0.15) is 0 Å². The van der Waals surface area contributed by atoms with E-state index in [9.17, 15) is 30.0 Å². The lowest BCUT2D eigenvalue weighted by Gasteiger charge is -2.45. The zero-order valence-electron chi connectivity index (χ0n) is 11.3. The van der Waals surface area contributed by atoms with Crippen molar-refractivity contribution in [2.75, 3.05) is 6.61 Å². The fourth-order valence-electron chi connectivity index (χ4n) is 2.16. The Balaban J connectivity index is 3.07. The molecule has 2 amide bonds. The summed E-state index contributed by atoms with van der Waals surface area (Å²) in [6.07, 6.45) is -7.10. The Labute approximate surface area is 120 Å². The second kappa shape index (κ2) is 6.64.